The van der Waals surface area contributed by atoms with Crippen LogP contribution < -0.4 is 10.1 Å². The van der Waals surface area contributed by atoms with Crippen molar-refractivity contribution in [2.75, 3.05) is 7.11 Å². The molecule has 2 rings (SSSR count). The van der Waals surface area contributed by atoms with Gasteiger partial charge in [-0.3, -0.25) is 4.79 Å². The summed E-state index contributed by atoms with van der Waals surface area (Å²) < 4.78 is 10.9. The number of rotatable bonds is 7. The summed E-state index contributed by atoms with van der Waals surface area (Å²) in [6.45, 7) is 9.29. The lowest BCUT2D eigenvalue weighted by atomic mass is 9.87. The maximum atomic E-state index is 12.3. The van der Waals surface area contributed by atoms with Crippen molar-refractivity contribution in [3.8, 4) is 5.75 Å². The molecule has 1 amide bonds. The van der Waals surface area contributed by atoms with Gasteiger partial charge in [0.1, 0.15) is 5.75 Å². The Morgan fingerprint density at radius 3 is 2.35 bits per heavy atom. The molecule has 0 bridgehead atoms. The highest BCUT2D eigenvalue weighted by Crippen LogP contribution is 2.26. The Morgan fingerprint density at radius 2 is 1.73 bits per heavy atom. The second-order valence-electron chi connectivity index (χ2n) is 7.51. The summed E-state index contributed by atoms with van der Waals surface area (Å²) in [5.41, 5.74) is 3.37. The van der Waals surface area contributed by atoms with Crippen LogP contribution in [0.1, 0.15) is 44.4 Å². The van der Waals surface area contributed by atoms with Crippen LogP contribution in [0.2, 0.25) is 0 Å². The zero-order valence-corrected chi connectivity index (χ0v) is 16.3. The average molecular weight is 355 g/mol. The minimum Gasteiger partial charge on any atom is -0.481 e. The van der Waals surface area contributed by atoms with Crippen LogP contribution in [0, 0.1) is 0 Å². The van der Waals surface area contributed by atoms with Crippen molar-refractivity contribution in [1.29, 1.82) is 0 Å². The van der Waals surface area contributed by atoms with Crippen LogP contribution >= 0.6 is 0 Å². The van der Waals surface area contributed by atoms with Gasteiger partial charge < -0.3 is 14.8 Å². The third-order valence-electron chi connectivity index (χ3n) is 4.18. The molecule has 1 N–H and O–H groups in total. The first-order valence-electron chi connectivity index (χ1n) is 8.91. The number of methoxy groups -OCH3 is 1. The highest BCUT2D eigenvalue weighted by molar-refractivity contribution is 5.80. The van der Waals surface area contributed by atoms with Crippen molar-refractivity contribution in [3.63, 3.8) is 0 Å². The number of amides is 1. The summed E-state index contributed by atoms with van der Waals surface area (Å²) in [5, 5.41) is 2.92. The summed E-state index contributed by atoms with van der Waals surface area (Å²) in [7, 11) is 1.67. The summed E-state index contributed by atoms with van der Waals surface area (Å²) >= 11 is 0. The molecule has 1 unspecified atom stereocenters. The largest absolute Gasteiger partial charge is 0.481 e. The van der Waals surface area contributed by atoms with Gasteiger partial charge in [0.05, 0.1) is 6.61 Å². The molecule has 4 heteroatoms. The van der Waals surface area contributed by atoms with Gasteiger partial charge in [-0.1, -0.05) is 57.2 Å². The number of hydrogen-bond donors (Lipinski definition) is 1. The molecule has 0 fully saturated rings. The summed E-state index contributed by atoms with van der Waals surface area (Å²) in [6.07, 6.45) is -0.557. The van der Waals surface area contributed by atoms with Crippen molar-refractivity contribution < 1.29 is 14.3 Å². The maximum Gasteiger partial charge on any atom is 0.261 e. The zero-order valence-electron chi connectivity index (χ0n) is 16.3. The minimum atomic E-state index is -0.557. The van der Waals surface area contributed by atoms with Gasteiger partial charge in [0, 0.05) is 13.7 Å². The van der Waals surface area contributed by atoms with Crippen molar-refractivity contribution in [1.82, 2.24) is 5.32 Å². The van der Waals surface area contributed by atoms with Crippen LogP contribution in [0.3, 0.4) is 0 Å². The van der Waals surface area contributed by atoms with Crippen molar-refractivity contribution >= 4 is 5.91 Å². The van der Waals surface area contributed by atoms with Crippen LogP contribution in [0.25, 0.3) is 0 Å². The molecule has 0 saturated carbocycles. The normalized spacial score (nSPS) is 12.5. The average Bonchev–Trinajstić information content (AvgIpc) is 2.60. The first-order chi connectivity index (χ1) is 12.3. The van der Waals surface area contributed by atoms with Gasteiger partial charge in [0.15, 0.2) is 6.10 Å². The Kier molecular flexibility index (Phi) is 6.81. The lowest BCUT2D eigenvalue weighted by Crippen LogP contribution is -2.35. The standard InChI is InChI=1S/C22H29NO3/c1-16(26-20-8-6-7-19(13-20)22(2,3)4)21(24)23-14-17-9-11-18(12-10-17)15-25-5/h6-13,16H,14-15H2,1-5H3,(H,23,24). The molecule has 26 heavy (non-hydrogen) atoms. The number of nitrogens with one attached hydrogen (secondary N) is 1. The molecule has 2 aromatic rings. The van der Waals surface area contributed by atoms with Crippen LogP contribution in [-0.4, -0.2) is 19.1 Å². The molecule has 0 aliphatic rings. The van der Waals surface area contributed by atoms with Crippen molar-refractivity contribution in [2.45, 2.75) is 52.4 Å². The lowest BCUT2D eigenvalue weighted by Gasteiger charge is -2.21. The molecule has 0 aliphatic carbocycles. The van der Waals surface area contributed by atoms with Gasteiger partial charge in [-0.25, -0.2) is 0 Å². The van der Waals surface area contributed by atoms with Gasteiger partial charge in [0.2, 0.25) is 0 Å². The molecule has 0 aliphatic heterocycles. The topological polar surface area (TPSA) is 47.6 Å². The van der Waals surface area contributed by atoms with Crippen LogP contribution in [0.5, 0.6) is 5.75 Å². The van der Waals surface area contributed by atoms with Gasteiger partial charge >= 0.3 is 0 Å². The van der Waals surface area contributed by atoms with Gasteiger partial charge in [-0.2, -0.15) is 0 Å². The minimum absolute atomic E-state index is 0.0415. The second-order valence-corrected chi connectivity index (χ2v) is 7.51. The highest BCUT2D eigenvalue weighted by atomic mass is 16.5. The monoisotopic (exact) mass is 355 g/mol. The van der Waals surface area contributed by atoms with E-state index in [1.165, 1.54) is 5.56 Å². The van der Waals surface area contributed by atoms with E-state index in [0.717, 1.165) is 11.1 Å². The molecular formula is C22H29NO3. The molecule has 2 aromatic carbocycles. The number of carbonyl (C=O) groups is 1. The van der Waals surface area contributed by atoms with Crippen molar-refractivity contribution in [2.24, 2.45) is 0 Å². The predicted molar refractivity (Wildman–Crippen MR) is 104 cm³/mol. The number of benzene rings is 2. The summed E-state index contributed by atoms with van der Waals surface area (Å²) in [6, 6.07) is 15.9. The van der Waals surface area contributed by atoms with E-state index in [1.807, 2.05) is 42.5 Å². The van der Waals surface area contributed by atoms with E-state index < -0.39 is 6.10 Å². The van der Waals surface area contributed by atoms with E-state index in [1.54, 1.807) is 14.0 Å². The SMILES string of the molecule is COCc1ccc(CNC(=O)C(C)Oc2cccc(C(C)(C)C)c2)cc1. The molecule has 0 heterocycles. The molecule has 0 spiro atoms. The molecule has 1 atom stereocenters. The Balaban J connectivity index is 1.89. The van der Waals surface area contributed by atoms with E-state index in [4.69, 9.17) is 9.47 Å². The molecule has 140 valence electrons. The van der Waals surface area contributed by atoms with E-state index >= 15 is 0 Å². The van der Waals surface area contributed by atoms with Gasteiger partial charge in [-0.15, -0.1) is 0 Å². The molecule has 0 aromatic heterocycles. The fourth-order valence-electron chi connectivity index (χ4n) is 2.55. The van der Waals surface area contributed by atoms with Crippen LogP contribution in [0.15, 0.2) is 48.5 Å². The highest BCUT2D eigenvalue weighted by Gasteiger charge is 2.17. The van der Waals surface area contributed by atoms with Gasteiger partial charge in [-0.05, 0) is 41.2 Å². The molecule has 0 radical (unpaired) electrons. The van der Waals surface area contributed by atoms with E-state index in [0.29, 0.717) is 18.9 Å². The third-order valence-corrected chi connectivity index (χ3v) is 4.18. The first kappa shape index (κ1) is 20.0. The molecular weight excluding hydrogens is 326 g/mol. The van der Waals surface area contributed by atoms with Crippen LogP contribution in [-0.2, 0) is 28.1 Å². The summed E-state index contributed by atoms with van der Waals surface area (Å²) in [5.74, 6) is 0.580. The van der Waals surface area contributed by atoms with E-state index in [-0.39, 0.29) is 11.3 Å². The number of hydrogen-bond acceptors (Lipinski definition) is 3. The third kappa shape index (κ3) is 5.88. The molecule has 0 saturated heterocycles. The van der Waals surface area contributed by atoms with E-state index in [9.17, 15) is 4.79 Å². The van der Waals surface area contributed by atoms with E-state index in [2.05, 4.69) is 32.2 Å². The Morgan fingerprint density at radius 1 is 1.08 bits per heavy atom. The van der Waals surface area contributed by atoms with Crippen LogP contribution in [0.4, 0.5) is 0 Å². The number of carbonyl (C=O) groups excluding carboxylic acids is 1. The Bertz CT molecular complexity index is 717. The maximum absolute atomic E-state index is 12.3. The quantitative estimate of drug-likeness (QED) is 0.809. The number of ether oxygens (including phenoxy) is 2. The molecule has 4 nitrogen and oxygen atoms in total. The lowest BCUT2D eigenvalue weighted by molar-refractivity contribution is -0.127. The Hall–Kier alpha value is -2.33. The Labute approximate surface area is 156 Å². The van der Waals surface area contributed by atoms with Gasteiger partial charge in [0.25, 0.3) is 5.91 Å². The predicted octanol–water partition coefficient (Wildman–Crippen LogP) is 4.21. The zero-order chi connectivity index (χ0) is 19.2. The fourth-order valence-corrected chi connectivity index (χ4v) is 2.55. The fraction of sp³-hybridized carbons (Fsp3) is 0.409. The second kappa shape index (κ2) is 8.86. The smallest absolute Gasteiger partial charge is 0.261 e. The summed E-state index contributed by atoms with van der Waals surface area (Å²) in [4.78, 5) is 12.3. The first-order valence-corrected chi connectivity index (χ1v) is 8.91. The van der Waals surface area contributed by atoms with Crippen molar-refractivity contribution in [3.05, 3.63) is 65.2 Å².